The van der Waals surface area contributed by atoms with Crippen LogP contribution in [0, 0.1) is 5.53 Å². The molecule has 0 atom stereocenters. The predicted molar refractivity (Wildman–Crippen MR) is 66.1 cm³/mol. The van der Waals surface area contributed by atoms with Gasteiger partial charge < -0.3 is 0 Å². The minimum Gasteiger partial charge on any atom is -0.185 e. The summed E-state index contributed by atoms with van der Waals surface area (Å²) in [6.07, 6.45) is 3.44. The van der Waals surface area contributed by atoms with Gasteiger partial charge >= 0.3 is 0 Å². The highest BCUT2D eigenvalue weighted by atomic mass is 79.9. The van der Waals surface area contributed by atoms with Gasteiger partial charge in [-0.1, -0.05) is 17.9 Å². The molecule has 0 bridgehead atoms. The van der Waals surface area contributed by atoms with E-state index in [0.717, 1.165) is 14.4 Å². The third-order valence-corrected chi connectivity index (χ3v) is 3.57. The smallest absolute Gasteiger partial charge is 0.0913 e. The molecule has 14 heavy (non-hydrogen) atoms. The van der Waals surface area contributed by atoms with Crippen LogP contribution >= 0.6 is 43.4 Å². The molecule has 0 spiro atoms. The van der Waals surface area contributed by atoms with E-state index >= 15 is 0 Å². The van der Waals surface area contributed by atoms with Gasteiger partial charge in [-0.2, -0.15) is 9.57 Å². The summed E-state index contributed by atoms with van der Waals surface area (Å²) in [5.74, 6) is 0. The highest BCUT2D eigenvalue weighted by Crippen LogP contribution is 2.31. The summed E-state index contributed by atoms with van der Waals surface area (Å²) < 4.78 is 2.35. The average Bonchev–Trinajstić information content (AvgIpc) is 2.60. The minimum absolute atomic E-state index is 0.783. The molecule has 0 aliphatic carbocycles. The Hall–Kier alpha value is -0.460. The fraction of sp³-hybridized carbons (Fsp3) is 0. The lowest BCUT2D eigenvalue weighted by Gasteiger charge is -2.09. The van der Waals surface area contributed by atoms with Crippen molar-refractivity contribution >= 4 is 49.1 Å². The fourth-order valence-corrected chi connectivity index (χ4v) is 2.68. The summed E-state index contributed by atoms with van der Waals surface area (Å²) in [5, 5.41) is 3.27. The van der Waals surface area contributed by atoms with Gasteiger partial charge in [-0.3, -0.25) is 0 Å². The van der Waals surface area contributed by atoms with Gasteiger partial charge in [-0.25, -0.2) is 0 Å². The highest BCUT2D eigenvalue weighted by molar-refractivity contribution is 9.11. The molecule has 0 saturated heterocycles. The molecule has 74 valence electrons. The van der Waals surface area contributed by atoms with Gasteiger partial charge in [0.05, 0.1) is 30.5 Å². The van der Waals surface area contributed by atoms with Gasteiger partial charge in [0.1, 0.15) is 0 Å². The molecule has 1 aromatic heterocycles. The minimum atomic E-state index is 0.783. The SMILES string of the molecule is C=C/C=C(/c1ccc(Br)s1)N(Br)N=N. The number of thiophene rings is 1. The van der Waals surface area contributed by atoms with E-state index < -0.39 is 0 Å². The molecular formula is C8H7Br2N3S. The Morgan fingerprint density at radius 2 is 2.36 bits per heavy atom. The molecule has 0 saturated carbocycles. The van der Waals surface area contributed by atoms with E-state index in [4.69, 9.17) is 5.53 Å². The molecule has 0 amide bonds. The molecule has 6 heteroatoms. The van der Waals surface area contributed by atoms with Gasteiger partial charge in [0.2, 0.25) is 0 Å². The number of allylic oxidation sites excluding steroid dienone is 2. The van der Waals surface area contributed by atoms with Crippen LogP contribution in [0.5, 0.6) is 0 Å². The molecular weight excluding hydrogens is 330 g/mol. The van der Waals surface area contributed by atoms with E-state index in [1.807, 2.05) is 12.1 Å². The van der Waals surface area contributed by atoms with Gasteiger partial charge in [-0.15, -0.1) is 11.3 Å². The summed E-state index contributed by atoms with van der Waals surface area (Å²) >= 11 is 8.09. The summed E-state index contributed by atoms with van der Waals surface area (Å²) in [5.41, 5.74) is 7.68. The predicted octanol–water partition coefficient (Wildman–Crippen LogP) is 4.60. The van der Waals surface area contributed by atoms with Crippen molar-refractivity contribution in [3.05, 3.63) is 39.5 Å². The largest absolute Gasteiger partial charge is 0.185 e. The number of halogens is 2. The van der Waals surface area contributed by atoms with E-state index in [-0.39, 0.29) is 0 Å². The van der Waals surface area contributed by atoms with Crippen LogP contribution in [-0.4, -0.2) is 4.03 Å². The Kier molecular flexibility index (Phi) is 4.50. The molecule has 0 aromatic carbocycles. The summed E-state index contributed by atoms with van der Waals surface area (Å²) in [7, 11) is 0. The average molecular weight is 337 g/mol. The zero-order valence-electron chi connectivity index (χ0n) is 7.08. The molecule has 0 fully saturated rings. The van der Waals surface area contributed by atoms with Crippen molar-refractivity contribution in [2.75, 3.05) is 0 Å². The van der Waals surface area contributed by atoms with Crippen LogP contribution in [0.2, 0.25) is 0 Å². The third-order valence-electron chi connectivity index (χ3n) is 1.39. The Morgan fingerprint density at radius 3 is 2.79 bits per heavy atom. The normalized spacial score (nSPS) is 11.1. The van der Waals surface area contributed by atoms with Crippen LogP contribution in [-0.2, 0) is 0 Å². The van der Waals surface area contributed by atoms with Gasteiger partial charge in [0.25, 0.3) is 0 Å². The Morgan fingerprint density at radius 1 is 1.64 bits per heavy atom. The standard InChI is InChI=1S/C8H7Br2N3S/c1-2-3-6(13(10)12-11)7-4-5-8(9)14-7/h2-5,11H,1H2/b6-3-,12-11?. The summed E-state index contributed by atoms with van der Waals surface area (Å²) in [6, 6.07) is 3.89. The van der Waals surface area contributed by atoms with Crippen molar-refractivity contribution in [1.29, 1.82) is 5.53 Å². The molecule has 0 unspecified atom stereocenters. The van der Waals surface area contributed by atoms with Crippen molar-refractivity contribution < 1.29 is 0 Å². The third kappa shape index (κ3) is 2.76. The van der Waals surface area contributed by atoms with Gasteiger partial charge in [0.15, 0.2) is 0 Å². The van der Waals surface area contributed by atoms with Crippen molar-refractivity contribution in [2.45, 2.75) is 0 Å². The molecule has 1 N–H and O–H groups in total. The van der Waals surface area contributed by atoms with E-state index in [9.17, 15) is 0 Å². The molecule has 0 aliphatic rings. The van der Waals surface area contributed by atoms with Crippen LogP contribution in [0.15, 0.2) is 39.9 Å². The monoisotopic (exact) mass is 335 g/mol. The zero-order chi connectivity index (χ0) is 10.6. The van der Waals surface area contributed by atoms with E-state index in [1.165, 1.54) is 4.03 Å². The zero-order valence-corrected chi connectivity index (χ0v) is 11.1. The molecule has 0 radical (unpaired) electrons. The fourth-order valence-electron chi connectivity index (χ4n) is 0.852. The van der Waals surface area contributed by atoms with E-state index in [1.54, 1.807) is 23.5 Å². The van der Waals surface area contributed by atoms with Gasteiger partial charge in [0, 0.05) is 0 Å². The van der Waals surface area contributed by atoms with Crippen molar-refractivity contribution in [3.8, 4) is 0 Å². The molecule has 0 aliphatic heterocycles. The second-order valence-corrected chi connectivity index (χ2v) is 5.39. The summed E-state index contributed by atoms with van der Waals surface area (Å²) in [4.78, 5) is 1.00. The van der Waals surface area contributed by atoms with Crippen LogP contribution < -0.4 is 0 Å². The van der Waals surface area contributed by atoms with Crippen LogP contribution in [0.4, 0.5) is 0 Å². The topological polar surface area (TPSA) is 39.5 Å². The second kappa shape index (κ2) is 5.43. The first kappa shape index (κ1) is 11.6. The van der Waals surface area contributed by atoms with Crippen LogP contribution in [0.1, 0.15) is 4.88 Å². The van der Waals surface area contributed by atoms with Crippen molar-refractivity contribution in [3.63, 3.8) is 0 Å². The van der Waals surface area contributed by atoms with Crippen LogP contribution in [0.3, 0.4) is 0 Å². The summed E-state index contributed by atoms with van der Waals surface area (Å²) in [6.45, 7) is 3.62. The lowest BCUT2D eigenvalue weighted by atomic mass is 10.3. The number of hydrogen-bond donors (Lipinski definition) is 1. The van der Waals surface area contributed by atoms with E-state index in [2.05, 4.69) is 43.9 Å². The molecule has 1 rings (SSSR count). The van der Waals surface area contributed by atoms with Crippen molar-refractivity contribution in [1.82, 2.24) is 4.03 Å². The first-order chi connectivity index (χ1) is 6.69. The number of nitrogens with one attached hydrogen (secondary N) is 1. The molecule has 1 heterocycles. The molecule has 3 nitrogen and oxygen atoms in total. The number of nitrogens with zero attached hydrogens (tertiary/aromatic N) is 2. The lowest BCUT2D eigenvalue weighted by Crippen LogP contribution is -1.98. The van der Waals surface area contributed by atoms with Crippen molar-refractivity contribution in [2.24, 2.45) is 5.22 Å². The van der Waals surface area contributed by atoms with Gasteiger partial charge in [-0.05, 0) is 34.1 Å². The first-order valence-corrected chi connectivity index (χ1v) is 5.92. The lowest BCUT2D eigenvalue weighted by molar-refractivity contribution is 0.644. The van der Waals surface area contributed by atoms with Crippen LogP contribution in [0.25, 0.3) is 5.70 Å². The Labute approximate surface area is 103 Å². The Balaban J connectivity index is 3.06. The maximum absolute atomic E-state index is 6.90. The van der Waals surface area contributed by atoms with E-state index in [0.29, 0.717) is 0 Å². The number of rotatable bonds is 4. The maximum atomic E-state index is 6.90. The Bertz CT molecular complexity index is 372. The molecule has 1 aromatic rings. The first-order valence-electron chi connectivity index (χ1n) is 3.60. The number of hydrogen-bond acceptors (Lipinski definition) is 3. The highest BCUT2D eigenvalue weighted by Gasteiger charge is 2.09. The quantitative estimate of drug-likeness (QED) is 0.371. The maximum Gasteiger partial charge on any atom is 0.0913 e. The second-order valence-electron chi connectivity index (χ2n) is 2.25.